The standard InChI is InChI=1S/C16H22N4O2/c1-12(21)17-10-14-9-15-11-19(7-8-20(15)18-14)16(22)13-5-3-2-4-6-13/h2-3,9,13H,4-8,10-11H2,1H3,(H,17,21). The molecule has 0 saturated carbocycles. The Hall–Kier alpha value is -2.11. The Labute approximate surface area is 130 Å². The zero-order valence-electron chi connectivity index (χ0n) is 12.9. The largest absolute Gasteiger partial charge is 0.351 e. The van der Waals surface area contributed by atoms with E-state index in [9.17, 15) is 9.59 Å². The summed E-state index contributed by atoms with van der Waals surface area (Å²) in [4.78, 5) is 25.5. The predicted octanol–water partition coefficient (Wildman–Crippen LogP) is 1.22. The molecule has 0 saturated heterocycles. The Balaban J connectivity index is 1.64. The molecule has 1 aliphatic carbocycles. The summed E-state index contributed by atoms with van der Waals surface area (Å²) in [6, 6.07) is 1.98. The molecule has 6 heteroatoms. The molecule has 1 N–H and O–H groups in total. The Morgan fingerprint density at radius 3 is 2.95 bits per heavy atom. The van der Waals surface area contributed by atoms with Gasteiger partial charge < -0.3 is 10.2 Å². The highest BCUT2D eigenvalue weighted by molar-refractivity contribution is 5.79. The maximum absolute atomic E-state index is 12.6. The average Bonchev–Trinajstić information content (AvgIpc) is 2.95. The van der Waals surface area contributed by atoms with Crippen molar-refractivity contribution in [2.75, 3.05) is 6.54 Å². The van der Waals surface area contributed by atoms with Gasteiger partial charge in [0.1, 0.15) is 0 Å². The van der Waals surface area contributed by atoms with Gasteiger partial charge in [0.15, 0.2) is 0 Å². The summed E-state index contributed by atoms with van der Waals surface area (Å²) in [6.45, 7) is 3.99. The number of amides is 2. The average molecular weight is 302 g/mol. The number of allylic oxidation sites excluding steroid dienone is 2. The van der Waals surface area contributed by atoms with Gasteiger partial charge in [-0.1, -0.05) is 12.2 Å². The molecule has 0 fully saturated rings. The number of aromatic nitrogens is 2. The molecule has 1 aromatic heterocycles. The van der Waals surface area contributed by atoms with Gasteiger partial charge in [-0.15, -0.1) is 0 Å². The highest BCUT2D eigenvalue weighted by Gasteiger charge is 2.27. The van der Waals surface area contributed by atoms with Crippen molar-refractivity contribution in [3.8, 4) is 0 Å². The van der Waals surface area contributed by atoms with Crippen molar-refractivity contribution in [2.24, 2.45) is 5.92 Å². The van der Waals surface area contributed by atoms with Gasteiger partial charge in [0.05, 0.1) is 31.0 Å². The van der Waals surface area contributed by atoms with Crippen molar-refractivity contribution >= 4 is 11.8 Å². The van der Waals surface area contributed by atoms with Crippen LogP contribution >= 0.6 is 0 Å². The lowest BCUT2D eigenvalue weighted by atomic mass is 9.93. The second kappa shape index (κ2) is 6.34. The van der Waals surface area contributed by atoms with E-state index < -0.39 is 0 Å². The first kappa shape index (κ1) is 14.8. The van der Waals surface area contributed by atoms with Crippen LogP contribution in [0.25, 0.3) is 0 Å². The molecule has 6 nitrogen and oxygen atoms in total. The minimum absolute atomic E-state index is 0.0619. The minimum Gasteiger partial charge on any atom is -0.351 e. The van der Waals surface area contributed by atoms with Crippen molar-refractivity contribution in [3.63, 3.8) is 0 Å². The van der Waals surface area contributed by atoms with Crippen molar-refractivity contribution in [3.05, 3.63) is 29.6 Å². The van der Waals surface area contributed by atoms with E-state index in [-0.39, 0.29) is 17.7 Å². The van der Waals surface area contributed by atoms with Crippen LogP contribution in [0.3, 0.4) is 0 Å². The van der Waals surface area contributed by atoms with Crippen molar-refractivity contribution in [2.45, 2.75) is 45.8 Å². The van der Waals surface area contributed by atoms with Crippen LogP contribution in [0, 0.1) is 5.92 Å². The minimum atomic E-state index is -0.0619. The normalized spacial score (nSPS) is 20.6. The third-order valence-electron chi connectivity index (χ3n) is 4.30. The number of nitrogens with one attached hydrogen (secondary N) is 1. The zero-order valence-corrected chi connectivity index (χ0v) is 12.9. The van der Waals surface area contributed by atoms with Crippen LogP contribution in [0.5, 0.6) is 0 Å². The first-order chi connectivity index (χ1) is 10.6. The topological polar surface area (TPSA) is 67.2 Å². The third kappa shape index (κ3) is 3.21. The fourth-order valence-electron chi connectivity index (χ4n) is 3.09. The highest BCUT2D eigenvalue weighted by atomic mass is 16.2. The van der Waals surface area contributed by atoms with Crippen LogP contribution < -0.4 is 5.32 Å². The first-order valence-electron chi connectivity index (χ1n) is 7.87. The summed E-state index contributed by atoms with van der Waals surface area (Å²) in [7, 11) is 0. The lowest BCUT2D eigenvalue weighted by Crippen LogP contribution is -2.41. The van der Waals surface area contributed by atoms with Crippen LogP contribution in [-0.4, -0.2) is 33.0 Å². The van der Waals surface area contributed by atoms with Gasteiger partial charge in [-0.2, -0.15) is 5.10 Å². The summed E-state index contributed by atoms with van der Waals surface area (Å²) >= 11 is 0. The summed E-state index contributed by atoms with van der Waals surface area (Å²) < 4.78 is 1.95. The number of carbonyl (C=O) groups excluding carboxylic acids is 2. The van der Waals surface area contributed by atoms with E-state index in [1.54, 1.807) is 0 Å². The molecule has 1 unspecified atom stereocenters. The summed E-state index contributed by atoms with van der Waals surface area (Å²) in [5.74, 6) is 0.340. The predicted molar refractivity (Wildman–Crippen MR) is 81.6 cm³/mol. The van der Waals surface area contributed by atoms with Crippen molar-refractivity contribution in [1.82, 2.24) is 20.0 Å². The molecule has 2 amide bonds. The zero-order chi connectivity index (χ0) is 15.5. The maximum atomic E-state index is 12.6. The third-order valence-corrected chi connectivity index (χ3v) is 4.30. The molecule has 118 valence electrons. The molecule has 0 bridgehead atoms. The number of fused-ring (bicyclic) bond motifs is 1. The van der Waals surface area contributed by atoms with Gasteiger partial charge in [-0.05, 0) is 25.3 Å². The molecule has 3 rings (SSSR count). The second-order valence-electron chi connectivity index (χ2n) is 6.00. The van der Waals surface area contributed by atoms with Gasteiger partial charge >= 0.3 is 0 Å². The van der Waals surface area contributed by atoms with Crippen LogP contribution in [0.2, 0.25) is 0 Å². The molecule has 1 aromatic rings. The number of hydrogen-bond acceptors (Lipinski definition) is 3. The van der Waals surface area contributed by atoms with Crippen molar-refractivity contribution < 1.29 is 9.59 Å². The number of nitrogens with zero attached hydrogens (tertiary/aromatic N) is 3. The van der Waals surface area contributed by atoms with Crippen LogP contribution in [0.15, 0.2) is 18.2 Å². The van der Waals surface area contributed by atoms with Gasteiger partial charge in [0.2, 0.25) is 11.8 Å². The maximum Gasteiger partial charge on any atom is 0.226 e. The van der Waals surface area contributed by atoms with E-state index in [1.807, 2.05) is 15.6 Å². The number of hydrogen-bond donors (Lipinski definition) is 1. The molecule has 1 atom stereocenters. The van der Waals surface area contributed by atoms with Gasteiger partial charge in [-0.3, -0.25) is 14.3 Å². The lowest BCUT2D eigenvalue weighted by Gasteiger charge is -2.31. The molecule has 22 heavy (non-hydrogen) atoms. The summed E-state index contributed by atoms with van der Waals surface area (Å²) in [6.07, 6.45) is 7.10. The van der Waals surface area contributed by atoms with E-state index in [0.717, 1.165) is 37.2 Å². The molecule has 1 aliphatic heterocycles. The Morgan fingerprint density at radius 2 is 2.23 bits per heavy atom. The van der Waals surface area contributed by atoms with Crippen molar-refractivity contribution in [1.29, 1.82) is 0 Å². The van der Waals surface area contributed by atoms with Gasteiger partial charge in [-0.25, -0.2) is 0 Å². The van der Waals surface area contributed by atoms with Crippen LogP contribution in [0.4, 0.5) is 0 Å². The smallest absolute Gasteiger partial charge is 0.226 e. The fourth-order valence-corrected chi connectivity index (χ4v) is 3.09. The first-order valence-corrected chi connectivity index (χ1v) is 7.87. The molecular formula is C16H22N4O2. The van der Waals surface area contributed by atoms with Gasteiger partial charge in [0.25, 0.3) is 0 Å². The fraction of sp³-hybridized carbons (Fsp3) is 0.562. The SMILES string of the molecule is CC(=O)NCc1cc2n(n1)CCN(C(=O)C1CC=CCC1)C2. The molecule has 2 aliphatic rings. The summed E-state index contributed by atoms with van der Waals surface area (Å²) in [5.41, 5.74) is 1.89. The Morgan fingerprint density at radius 1 is 1.36 bits per heavy atom. The highest BCUT2D eigenvalue weighted by Crippen LogP contribution is 2.23. The number of rotatable bonds is 3. The molecule has 2 heterocycles. The molecular weight excluding hydrogens is 280 g/mol. The van der Waals surface area contributed by atoms with E-state index >= 15 is 0 Å². The Kier molecular flexibility index (Phi) is 4.27. The van der Waals surface area contributed by atoms with E-state index in [4.69, 9.17) is 0 Å². The molecule has 0 aromatic carbocycles. The van der Waals surface area contributed by atoms with Crippen LogP contribution in [-0.2, 0) is 29.2 Å². The number of carbonyl (C=O) groups is 2. The second-order valence-corrected chi connectivity index (χ2v) is 6.00. The van der Waals surface area contributed by atoms with E-state index in [2.05, 4.69) is 22.6 Å². The van der Waals surface area contributed by atoms with Crippen LogP contribution in [0.1, 0.15) is 37.6 Å². The molecule has 0 radical (unpaired) electrons. The lowest BCUT2D eigenvalue weighted by molar-refractivity contribution is -0.137. The monoisotopic (exact) mass is 302 g/mol. The quantitative estimate of drug-likeness (QED) is 0.854. The van der Waals surface area contributed by atoms with E-state index in [1.165, 1.54) is 6.92 Å². The Bertz CT molecular complexity index is 605. The van der Waals surface area contributed by atoms with E-state index in [0.29, 0.717) is 19.6 Å². The summed E-state index contributed by atoms with van der Waals surface area (Å²) in [5, 5.41) is 7.24. The van der Waals surface area contributed by atoms with Gasteiger partial charge in [0, 0.05) is 19.4 Å². The molecule has 0 spiro atoms.